The van der Waals surface area contributed by atoms with Crippen molar-refractivity contribution >= 4 is 22.6 Å². The van der Waals surface area contributed by atoms with E-state index < -0.39 is 0 Å². The molecule has 0 amide bonds. The van der Waals surface area contributed by atoms with Gasteiger partial charge in [-0.3, -0.25) is 4.79 Å². The van der Waals surface area contributed by atoms with Gasteiger partial charge in [0.05, 0.1) is 0 Å². The fraction of sp³-hybridized carbons (Fsp3) is 0.250. The number of nitrogen functional groups attached to an aromatic ring is 1. The molecule has 0 radical (unpaired) electrons. The molecule has 1 rings (SSSR count). The molecule has 0 spiro atoms. The minimum Gasteiger partial charge on any atom is -0.399 e. The van der Waals surface area contributed by atoms with Crippen molar-refractivity contribution in [2.75, 3.05) is 11.5 Å². The van der Waals surface area contributed by atoms with Crippen LogP contribution in [0.2, 0.25) is 0 Å². The van der Waals surface area contributed by atoms with Crippen molar-refractivity contribution < 1.29 is 4.79 Å². The second kappa shape index (κ2) is 6.15. The molecule has 0 aromatic heterocycles. The average molecular weight is 219 g/mol. The van der Waals surface area contributed by atoms with Gasteiger partial charge in [0.15, 0.2) is 5.12 Å². The Morgan fingerprint density at radius 2 is 2.07 bits per heavy atom. The number of carbonyl (C=O) groups excluding carboxylic acids is 1. The molecule has 0 heterocycles. The summed E-state index contributed by atoms with van der Waals surface area (Å²) in [5, 5.41) is 0.143. The van der Waals surface area contributed by atoms with Crippen LogP contribution in [-0.2, 0) is 4.79 Å². The normalized spacial score (nSPS) is 9.13. The third kappa shape index (κ3) is 5.14. The van der Waals surface area contributed by atoms with Gasteiger partial charge in [-0.15, -0.1) is 0 Å². The van der Waals surface area contributed by atoms with E-state index in [4.69, 9.17) is 5.73 Å². The summed E-state index contributed by atoms with van der Waals surface area (Å²) in [5.74, 6) is 6.79. The van der Waals surface area contributed by atoms with E-state index >= 15 is 0 Å². The van der Waals surface area contributed by atoms with Gasteiger partial charge < -0.3 is 5.73 Å². The number of thioether (sulfide) groups is 1. The number of benzene rings is 1. The maximum atomic E-state index is 10.6. The lowest BCUT2D eigenvalue weighted by Gasteiger charge is -1.92. The molecule has 2 nitrogen and oxygen atoms in total. The van der Waals surface area contributed by atoms with E-state index in [9.17, 15) is 4.79 Å². The van der Waals surface area contributed by atoms with E-state index in [1.54, 1.807) is 6.92 Å². The van der Waals surface area contributed by atoms with Gasteiger partial charge in [-0.2, -0.15) is 0 Å². The lowest BCUT2D eigenvalue weighted by atomic mass is 10.2. The Morgan fingerprint density at radius 1 is 1.40 bits per heavy atom. The molecule has 0 saturated carbocycles. The molecule has 2 N–H and O–H groups in total. The summed E-state index contributed by atoms with van der Waals surface area (Å²) in [7, 11) is 0. The van der Waals surface area contributed by atoms with Gasteiger partial charge in [0, 0.05) is 30.3 Å². The standard InChI is InChI=1S/C12H13NOS/c1-10(14)15-9-3-2-4-11-5-7-12(13)8-6-11/h5-8H,3,9,13H2,1H3. The summed E-state index contributed by atoms with van der Waals surface area (Å²) >= 11 is 1.31. The third-order valence-corrected chi connectivity index (χ3v) is 2.49. The summed E-state index contributed by atoms with van der Waals surface area (Å²) in [6.45, 7) is 1.57. The van der Waals surface area contributed by atoms with Gasteiger partial charge in [0.1, 0.15) is 0 Å². The maximum absolute atomic E-state index is 10.6. The van der Waals surface area contributed by atoms with Crippen LogP contribution in [0.5, 0.6) is 0 Å². The summed E-state index contributed by atoms with van der Waals surface area (Å²) in [5.41, 5.74) is 7.25. The summed E-state index contributed by atoms with van der Waals surface area (Å²) in [6.07, 6.45) is 0.731. The molecule has 1 aromatic carbocycles. The topological polar surface area (TPSA) is 43.1 Å². The molecule has 0 saturated heterocycles. The Labute approximate surface area is 94.2 Å². The Hall–Kier alpha value is -1.40. The fourth-order valence-corrected chi connectivity index (χ4v) is 1.47. The minimum atomic E-state index is 0.143. The number of hydrogen-bond donors (Lipinski definition) is 1. The highest BCUT2D eigenvalue weighted by Crippen LogP contribution is 2.05. The van der Waals surface area contributed by atoms with Crippen molar-refractivity contribution in [1.82, 2.24) is 0 Å². The summed E-state index contributed by atoms with van der Waals surface area (Å²) in [4.78, 5) is 10.6. The van der Waals surface area contributed by atoms with Crippen LogP contribution in [0.3, 0.4) is 0 Å². The zero-order chi connectivity index (χ0) is 11.1. The van der Waals surface area contributed by atoms with Crippen molar-refractivity contribution in [3.05, 3.63) is 29.8 Å². The lowest BCUT2D eigenvalue weighted by Crippen LogP contribution is -1.85. The predicted molar refractivity (Wildman–Crippen MR) is 65.5 cm³/mol. The second-order valence-electron chi connectivity index (χ2n) is 3.01. The molecule has 0 fully saturated rings. The highest BCUT2D eigenvalue weighted by molar-refractivity contribution is 8.13. The molecule has 0 bridgehead atoms. The molecular formula is C12H13NOS. The zero-order valence-electron chi connectivity index (χ0n) is 8.62. The smallest absolute Gasteiger partial charge is 0.185 e. The van der Waals surface area contributed by atoms with Gasteiger partial charge in [-0.1, -0.05) is 23.6 Å². The Bertz CT molecular complexity index is 386. The summed E-state index contributed by atoms with van der Waals surface area (Å²) < 4.78 is 0. The van der Waals surface area contributed by atoms with Crippen LogP contribution in [-0.4, -0.2) is 10.9 Å². The molecule has 1 aromatic rings. The fourth-order valence-electron chi connectivity index (χ4n) is 0.977. The second-order valence-corrected chi connectivity index (χ2v) is 4.29. The highest BCUT2D eigenvalue weighted by Gasteiger charge is 1.90. The zero-order valence-corrected chi connectivity index (χ0v) is 9.43. The first kappa shape index (κ1) is 11.7. The van der Waals surface area contributed by atoms with Crippen molar-refractivity contribution in [1.29, 1.82) is 0 Å². The summed E-state index contributed by atoms with van der Waals surface area (Å²) in [6, 6.07) is 7.43. The number of carbonyl (C=O) groups is 1. The minimum absolute atomic E-state index is 0.143. The molecule has 0 aliphatic heterocycles. The van der Waals surface area contributed by atoms with Crippen LogP contribution in [0.15, 0.2) is 24.3 Å². The molecule has 0 aliphatic rings. The predicted octanol–water partition coefficient (Wildman–Crippen LogP) is 2.29. The Morgan fingerprint density at radius 3 is 2.67 bits per heavy atom. The molecule has 15 heavy (non-hydrogen) atoms. The molecular weight excluding hydrogens is 206 g/mol. The third-order valence-electron chi connectivity index (χ3n) is 1.68. The molecule has 78 valence electrons. The van der Waals surface area contributed by atoms with Gasteiger partial charge in [-0.05, 0) is 24.3 Å². The van der Waals surface area contributed by atoms with E-state index in [-0.39, 0.29) is 5.12 Å². The van der Waals surface area contributed by atoms with Gasteiger partial charge in [0.25, 0.3) is 0 Å². The van der Waals surface area contributed by atoms with Crippen molar-refractivity contribution in [2.45, 2.75) is 13.3 Å². The Kier molecular flexibility index (Phi) is 4.79. The first-order valence-corrected chi connectivity index (χ1v) is 5.65. The maximum Gasteiger partial charge on any atom is 0.185 e. The lowest BCUT2D eigenvalue weighted by molar-refractivity contribution is -0.109. The number of rotatable bonds is 2. The van der Waals surface area contributed by atoms with Crippen molar-refractivity contribution in [3.63, 3.8) is 0 Å². The van der Waals surface area contributed by atoms with Crippen molar-refractivity contribution in [2.24, 2.45) is 0 Å². The molecule has 3 heteroatoms. The van der Waals surface area contributed by atoms with E-state index in [0.717, 1.165) is 23.4 Å². The van der Waals surface area contributed by atoms with Crippen LogP contribution in [0.1, 0.15) is 18.9 Å². The van der Waals surface area contributed by atoms with Crippen LogP contribution in [0.4, 0.5) is 5.69 Å². The first-order valence-electron chi connectivity index (χ1n) is 4.66. The van der Waals surface area contributed by atoms with Crippen LogP contribution >= 0.6 is 11.8 Å². The van der Waals surface area contributed by atoms with E-state index in [0.29, 0.717) is 0 Å². The first-order chi connectivity index (χ1) is 7.18. The molecule has 0 unspecified atom stereocenters. The van der Waals surface area contributed by atoms with E-state index in [2.05, 4.69) is 11.8 Å². The van der Waals surface area contributed by atoms with Crippen molar-refractivity contribution in [3.8, 4) is 11.8 Å². The van der Waals surface area contributed by atoms with Gasteiger partial charge in [0.2, 0.25) is 0 Å². The van der Waals surface area contributed by atoms with Crippen LogP contribution in [0.25, 0.3) is 0 Å². The number of hydrogen-bond acceptors (Lipinski definition) is 3. The molecule has 0 atom stereocenters. The van der Waals surface area contributed by atoms with Gasteiger partial charge in [-0.25, -0.2) is 0 Å². The van der Waals surface area contributed by atoms with Crippen LogP contribution in [0, 0.1) is 11.8 Å². The van der Waals surface area contributed by atoms with Crippen LogP contribution < -0.4 is 5.73 Å². The average Bonchev–Trinajstić information content (AvgIpc) is 2.20. The largest absolute Gasteiger partial charge is 0.399 e. The Balaban J connectivity index is 2.38. The quantitative estimate of drug-likeness (QED) is 0.471. The van der Waals surface area contributed by atoms with E-state index in [1.165, 1.54) is 11.8 Å². The SMILES string of the molecule is CC(=O)SCCC#Cc1ccc(N)cc1. The number of anilines is 1. The monoisotopic (exact) mass is 219 g/mol. The van der Waals surface area contributed by atoms with E-state index in [1.807, 2.05) is 24.3 Å². The molecule has 0 aliphatic carbocycles. The van der Waals surface area contributed by atoms with Gasteiger partial charge >= 0.3 is 0 Å². The number of nitrogens with two attached hydrogens (primary N) is 1. The highest BCUT2D eigenvalue weighted by atomic mass is 32.2.